The van der Waals surface area contributed by atoms with Crippen molar-refractivity contribution in [2.75, 3.05) is 13.1 Å². The van der Waals surface area contributed by atoms with Crippen LogP contribution in [0, 0.1) is 12.8 Å². The van der Waals surface area contributed by atoms with E-state index in [2.05, 4.69) is 15.1 Å². The van der Waals surface area contributed by atoms with E-state index in [-0.39, 0.29) is 30.4 Å². The maximum Gasteiger partial charge on any atom is 0.262 e. The van der Waals surface area contributed by atoms with Gasteiger partial charge in [0.25, 0.3) is 15.9 Å². The topological polar surface area (TPSA) is 114 Å². The van der Waals surface area contributed by atoms with Crippen LogP contribution in [0.25, 0.3) is 0 Å². The monoisotopic (exact) mass is 355 g/mol. The van der Waals surface area contributed by atoms with Crippen molar-refractivity contribution in [3.8, 4) is 0 Å². The lowest BCUT2D eigenvalue weighted by Crippen LogP contribution is -2.34. The summed E-state index contributed by atoms with van der Waals surface area (Å²) >= 11 is 0. The van der Waals surface area contributed by atoms with Crippen molar-refractivity contribution in [3.05, 3.63) is 24.2 Å². The van der Waals surface area contributed by atoms with Gasteiger partial charge in [-0.15, -0.1) is 0 Å². The second-order valence-electron chi connectivity index (χ2n) is 6.57. The van der Waals surface area contributed by atoms with Crippen molar-refractivity contribution >= 4 is 10.0 Å². The maximum atomic E-state index is 12.7. The van der Waals surface area contributed by atoms with Crippen LogP contribution in [0.1, 0.15) is 32.0 Å². The molecule has 1 unspecified atom stereocenters. The molecule has 1 aliphatic rings. The number of hydrogen-bond acceptors (Lipinski definition) is 7. The predicted octanol–water partition coefficient (Wildman–Crippen LogP) is 0.513. The summed E-state index contributed by atoms with van der Waals surface area (Å²) in [6, 6.07) is 0. The van der Waals surface area contributed by atoms with E-state index < -0.39 is 15.6 Å². The molecule has 3 rings (SSSR count). The molecule has 0 aromatic carbocycles. The van der Waals surface area contributed by atoms with Gasteiger partial charge in [0.05, 0.1) is 12.9 Å². The van der Waals surface area contributed by atoms with E-state index in [0.717, 1.165) is 0 Å². The highest BCUT2D eigenvalue weighted by atomic mass is 32.2. The fourth-order valence-electron chi connectivity index (χ4n) is 2.75. The van der Waals surface area contributed by atoms with Gasteiger partial charge < -0.3 is 14.2 Å². The van der Waals surface area contributed by atoms with Crippen LogP contribution in [-0.4, -0.2) is 50.6 Å². The molecule has 2 aromatic rings. The van der Waals surface area contributed by atoms with Gasteiger partial charge in [-0.25, -0.2) is 13.4 Å². The minimum atomic E-state index is -3.77. The summed E-state index contributed by atoms with van der Waals surface area (Å²) in [6.45, 7) is 6.45. The van der Waals surface area contributed by atoms with Crippen LogP contribution in [0.4, 0.5) is 0 Å². The van der Waals surface area contributed by atoms with E-state index in [1.807, 2.05) is 13.8 Å². The second-order valence-corrected chi connectivity index (χ2v) is 8.45. The van der Waals surface area contributed by atoms with E-state index >= 15 is 0 Å². The first-order valence-corrected chi connectivity index (χ1v) is 9.20. The van der Waals surface area contributed by atoms with Crippen molar-refractivity contribution in [3.63, 3.8) is 0 Å². The normalized spacial score (nSPS) is 22.5. The molecule has 0 saturated carbocycles. The van der Waals surface area contributed by atoms with Gasteiger partial charge in [0.1, 0.15) is 0 Å². The number of aliphatic hydroxyl groups is 1. The number of hydrogen-bond donors (Lipinski definition) is 1. The fraction of sp³-hybridized carbons (Fsp3) is 0.643. The van der Waals surface area contributed by atoms with E-state index in [4.69, 9.17) is 4.52 Å². The molecule has 1 aliphatic heterocycles. The standard InChI is InChI=1S/C14H21N5O4S/c1-10(2)6-18-7-12(15-9-18)24(21,22)19-5-4-14(20,8-19)13-16-11(3)17-23-13/h7,9-10,20H,4-6,8H2,1-3H3. The first-order chi connectivity index (χ1) is 11.2. The number of sulfonamides is 1. The number of rotatable bonds is 5. The number of aromatic nitrogens is 4. The molecule has 1 fully saturated rings. The largest absolute Gasteiger partial charge is 0.379 e. The number of nitrogens with zero attached hydrogens (tertiary/aromatic N) is 5. The molecule has 24 heavy (non-hydrogen) atoms. The van der Waals surface area contributed by atoms with Gasteiger partial charge in [-0.05, 0) is 12.8 Å². The highest BCUT2D eigenvalue weighted by Gasteiger charge is 2.47. The molecule has 0 aliphatic carbocycles. The second kappa shape index (κ2) is 5.94. The van der Waals surface area contributed by atoms with Crippen LogP contribution in [0.15, 0.2) is 22.1 Å². The summed E-state index contributed by atoms with van der Waals surface area (Å²) in [5.41, 5.74) is -1.46. The average Bonchev–Trinajstić information content (AvgIpc) is 3.19. The lowest BCUT2D eigenvalue weighted by atomic mass is 10.0. The van der Waals surface area contributed by atoms with Crippen LogP contribution in [-0.2, 0) is 22.2 Å². The highest BCUT2D eigenvalue weighted by Crippen LogP contribution is 2.33. The SMILES string of the molecule is Cc1noc(C2(O)CCN(S(=O)(=O)c3cn(CC(C)C)cn3)C2)n1. The van der Waals surface area contributed by atoms with Crippen LogP contribution in [0.3, 0.4) is 0 Å². The Balaban J connectivity index is 1.80. The van der Waals surface area contributed by atoms with E-state index in [0.29, 0.717) is 18.3 Å². The van der Waals surface area contributed by atoms with Gasteiger partial charge in [0.15, 0.2) is 16.5 Å². The fourth-order valence-corrected chi connectivity index (χ4v) is 4.18. The van der Waals surface area contributed by atoms with Crippen LogP contribution >= 0.6 is 0 Å². The molecule has 0 amide bonds. The van der Waals surface area contributed by atoms with E-state index in [9.17, 15) is 13.5 Å². The summed E-state index contributed by atoms with van der Waals surface area (Å²) in [4.78, 5) is 8.03. The Morgan fingerprint density at radius 3 is 2.83 bits per heavy atom. The molecular formula is C14H21N5O4S. The third kappa shape index (κ3) is 3.08. The molecule has 3 heterocycles. The third-order valence-electron chi connectivity index (χ3n) is 3.93. The van der Waals surface area contributed by atoms with Gasteiger partial charge in [-0.2, -0.15) is 9.29 Å². The van der Waals surface area contributed by atoms with Crippen molar-refractivity contribution in [1.29, 1.82) is 0 Å². The van der Waals surface area contributed by atoms with Crippen molar-refractivity contribution < 1.29 is 18.0 Å². The van der Waals surface area contributed by atoms with Gasteiger partial charge >= 0.3 is 0 Å². The molecule has 1 atom stereocenters. The van der Waals surface area contributed by atoms with Gasteiger partial charge in [0, 0.05) is 25.7 Å². The highest BCUT2D eigenvalue weighted by molar-refractivity contribution is 7.89. The average molecular weight is 355 g/mol. The first-order valence-electron chi connectivity index (χ1n) is 7.76. The summed E-state index contributed by atoms with van der Waals surface area (Å²) in [6.07, 6.45) is 3.22. The molecule has 1 N–H and O–H groups in total. The van der Waals surface area contributed by atoms with E-state index in [1.165, 1.54) is 16.8 Å². The molecule has 132 valence electrons. The zero-order valence-corrected chi connectivity index (χ0v) is 14.7. The Hall–Kier alpha value is -1.78. The minimum Gasteiger partial charge on any atom is -0.379 e. The molecule has 1 saturated heterocycles. The van der Waals surface area contributed by atoms with Crippen LogP contribution < -0.4 is 0 Å². The Morgan fingerprint density at radius 2 is 2.21 bits per heavy atom. The number of β-amino-alcohol motifs (C(OH)–C–C–N with tert-alkyl or cyclic N) is 1. The number of imidazole rings is 1. The van der Waals surface area contributed by atoms with Crippen molar-refractivity contribution in [1.82, 2.24) is 24.0 Å². The van der Waals surface area contributed by atoms with Crippen LogP contribution in [0.5, 0.6) is 0 Å². The van der Waals surface area contributed by atoms with Gasteiger partial charge in [-0.1, -0.05) is 19.0 Å². The summed E-state index contributed by atoms with van der Waals surface area (Å²) < 4.78 is 33.4. The van der Waals surface area contributed by atoms with Crippen LogP contribution in [0.2, 0.25) is 0 Å². The molecular weight excluding hydrogens is 334 g/mol. The molecule has 2 aromatic heterocycles. The Kier molecular flexibility index (Phi) is 4.22. The summed E-state index contributed by atoms with van der Waals surface area (Å²) in [5, 5.41) is 14.3. The third-order valence-corrected chi connectivity index (χ3v) is 5.66. The molecule has 9 nitrogen and oxygen atoms in total. The lowest BCUT2D eigenvalue weighted by Gasteiger charge is -2.18. The zero-order valence-electron chi connectivity index (χ0n) is 13.9. The predicted molar refractivity (Wildman–Crippen MR) is 83.4 cm³/mol. The Labute approximate surface area is 140 Å². The molecule has 0 bridgehead atoms. The lowest BCUT2D eigenvalue weighted by molar-refractivity contribution is 0.0194. The molecule has 0 radical (unpaired) electrons. The zero-order chi connectivity index (χ0) is 17.5. The summed E-state index contributed by atoms with van der Waals surface area (Å²) in [7, 11) is -3.77. The summed E-state index contributed by atoms with van der Waals surface area (Å²) in [5.74, 6) is 0.822. The minimum absolute atomic E-state index is 0.0193. The molecule has 10 heteroatoms. The number of aryl methyl sites for hydroxylation is 1. The van der Waals surface area contributed by atoms with E-state index in [1.54, 1.807) is 11.5 Å². The molecule has 0 spiro atoms. The van der Waals surface area contributed by atoms with Gasteiger partial charge in [0.2, 0.25) is 0 Å². The van der Waals surface area contributed by atoms with Gasteiger partial charge in [-0.3, -0.25) is 0 Å². The van der Waals surface area contributed by atoms with Crippen molar-refractivity contribution in [2.45, 2.75) is 44.4 Å². The maximum absolute atomic E-state index is 12.7. The quantitative estimate of drug-likeness (QED) is 0.831. The Morgan fingerprint density at radius 1 is 1.46 bits per heavy atom. The van der Waals surface area contributed by atoms with Crippen molar-refractivity contribution in [2.24, 2.45) is 5.92 Å². The first kappa shape index (κ1) is 17.1. The smallest absolute Gasteiger partial charge is 0.262 e. The Bertz CT molecular complexity index is 828.